The van der Waals surface area contributed by atoms with E-state index in [-0.39, 0.29) is 11.6 Å². The summed E-state index contributed by atoms with van der Waals surface area (Å²) in [7, 11) is 2.12. The van der Waals surface area contributed by atoms with Gasteiger partial charge in [0, 0.05) is 12.1 Å². The third-order valence-corrected chi connectivity index (χ3v) is 5.60. The van der Waals surface area contributed by atoms with Crippen molar-refractivity contribution in [3.8, 4) is 0 Å². The number of likely N-dealkylation sites (tertiary alicyclic amines) is 1. The zero-order valence-electron chi connectivity index (χ0n) is 14.8. The number of rotatable bonds is 5. The van der Waals surface area contributed by atoms with Crippen molar-refractivity contribution in [3.05, 3.63) is 50.2 Å². The van der Waals surface area contributed by atoms with Gasteiger partial charge in [0.05, 0.1) is 26.1 Å². The molecule has 26 heavy (non-hydrogen) atoms. The number of hydrogen-bond donors (Lipinski definition) is 2. The minimum Gasteiger partial charge on any atom is -0.381 e. The summed E-state index contributed by atoms with van der Waals surface area (Å²) in [5, 5.41) is 17.4. The van der Waals surface area contributed by atoms with Crippen LogP contribution in [0.5, 0.6) is 0 Å². The Bertz CT molecular complexity index is 813. The topological polar surface area (TPSA) is 87.5 Å². The number of benzene rings is 1. The minimum absolute atomic E-state index is 0.0158. The summed E-state index contributed by atoms with van der Waals surface area (Å²) >= 11 is 1.13. The Kier molecular flexibility index (Phi) is 5.53. The van der Waals surface area contributed by atoms with E-state index >= 15 is 0 Å². The number of amides is 1. The average molecular weight is 374 g/mol. The van der Waals surface area contributed by atoms with E-state index in [1.807, 2.05) is 24.3 Å². The van der Waals surface area contributed by atoms with Crippen LogP contribution < -0.4 is 10.6 Å². The Morgan fingerprint density at radius 1 is 1.27 bits per heavy atom. The van der Waals surface area contributed by atoms with Crippen LogP contribution in [-0.4, -0.2) is 41.9 Å². The molecule has 0 unspecified atom stereocenters. The highest BCUT2D eigenvalue weighted by Gasteiger charge is 2.21. The molecule has 0 spiro atoms. The lowest BCUT2D eigenvalue weighted by Crippen LogP contribution is -2.36. The summed E-state index contributed by atoms with van der Waals surface area (Å²) in [4.78, 5) is 26.2. The van der Waals surface area contributed by atoms with Crippen LogP contribution >= 0.6 is 11.3 Å². The van der Waals surface area contributed by atoms with Crippen molar-refractivity contribution in [1.29, 1.82) is 0 Å². The fourth-order valence-electron chi connectivity index (χ4n) is 3.04. The summed E-state index contributed by atoms with van der Waals surface area (Å²) in [6.07, 6.45) is 2.10. The number of nitro groups is 1. The van der Waals surface area contributed by atoms with E-state index in [0.29, 0.717) is 21.5 Å². The maximum absolute atomic E-state index is 12.5. The predicted molar refractivity (Wildman–Crippen MR) is 104 cm³/mol. The van der Waals surface area contributed by atoms with Gasteiger partial charge in [0.15, 0.2) is 0 Å². The Morgan fingerprint density at radius 2 is 1.92 bits per heavy atom. The number of para-hydroxylation sites is 2. The first-order valence-corrected chi connectivity index (χ1v) is 9.36. The van der Waals surface area contributed by atoms with E-state index in [2.05, 4.69) is 22.6 Å². The Labute approximate surface area is 156 Å². The number of thiophene rings is 1. The highest BCUT2D eigenvalue weighted by molar-refractivity contribution is 7.14. The van der Waals surface area contributed by atoms with Crippen LogP contribution in [-0.2, 0) is 0 Å². The van der Waals surface area contributed by atoms with Gasteiger partial charge in [-0.1, -0.05) is 12.1 Å². The largest absolute Gasteiger partial charge is 0.381 e. The number of nitrogens with zero attached hydrogens (tertiary/aromatic N) is 2. The second-order valence-corrected chi connectivity index (χ2v) is 7.79. The molecule has 2 N–H and O–H groups in total. The molecule has 0 atom stereocenters. The van der Waals surface area contributed by atoms with Gasteiger partial charge in [-0.2, -0.15) is 0 Å². The van der Waals surface area contributed by atoms with E-state index in [1.54, 1.807) is 6.92 Å². The number of hydrogen-bond acceptors (Lipinski definition) is 6. The zero-order valence-corrected chi connectivity index (χ0v) is 15.6. The summed E-state index contributed by atoms with van der Waals surface area (Å²) in [6.45, 7) is 3.74. The normalized spacial score (nSPS) is 15.6. The Morgan fingerprint density at radius 3 is 2.54 bits per heavy atom. The first kappa shape index (κ1) is 18.3. The first-order chi connectivity index (χ1) is 12.4. The highest BCUT2D eigenvalue weighted by Crippen LogP contribution is 2.30. The Hall–Kier alpha value is -2.45. The van der Waals surface area contributed by atoms with Crippen molar-refractivity contribution < 1.29 is 9.72 Å². The lowest BCUT2D eigenvalue weighted by atomic mass is 10.0. The SMILES string of the molecule is Cc1sc(C(=O)Nc2ccccc2NC2CCN(C)CC2)cc1[N+](=O)[O-]. The molecule has 0 saturated carbocycles. The average Bonchev–Trinajstić information content (AvgIpc) is 3.01. The zero-order chi connectivity index (χ0) is 18.7. The van der Waals surface area contributed by atoms with Crippen LogP contribution in [0.4, 0.5) is 17.1 Å². The standard InChI is InChI=1S/C18H22N4O3S/c1-12-16(22(24)25)11-17(26-12)18(23)20-15-6-4-3-5-14(15)19-13-7-9-21(2)10-8-13/h3-6,11,13,19H,7-10H2,1-2H3,(H,20,23). The predicted octanol–water partition coefficient (Wildman–Crippen LogP) is 3.72. The van der Waals surface area contributed by atoms with E-state index in [0.717, 1.165) is 43.0 Å². The van der Waals surface area contributed by atoms with Gasteiger partial charge in [-0.15, -0.1) is 11.3 Å². The van der Waals surface area contributed by atoms with Crippen molar-refractivity contribution in [1.82, 2.24) is 4.90 Å². The van der Waals surface area contributed by atoms with Gasteiger partial charge >= 0.3 is 0 Å². The van der Waals surface area contributed by atoms with E-state index in [4.69, 9.17) is 0 Å². The molecular weight excluding hydrogens is 352 g/mol. The molecule has 8 heteroatoms. The van der Waals surface area contributed by atoms with Crippen molar-refractivity contribution in [2.75, 3.05) is 30.8 Å². The molecule has 1 fully saturated rings. The second kappa shape index (κ2) is 7.84. The molecule has 2 aromatic rings. The van der Waals surface area contributed by atoms with Crippen LogP contribution in [0.3, 0.4) is 0 Å². The monoisotopic (exact) mass is 374 g/mol. The van der Waals surface area contributed by atoms with Crippen LogP contribution in [0.2, 0.25) is 0 Å². The molecule has 0 aliphatic carbocycles. The third kappa shape index (κ3) is 4.20. The smallest absolute Gasteiger partial charge is 0.283 e. The first-order valence-electron chi connectivity index (χ1n) is 8.54. The van der Waals surface area contributed by atoms with Crippen molar-refractivity contribution in [3.63, 3.8) is 0 Å². The molecule has 1 aromatic carbocycles. The van der Waals surface area contributed by atoms with Crippen LogP contribution in [0, 0.1) is 17.0 Å². The number of piperidine rings is 1. The second-order valence-electron chi connectivity index (χ2n) is 6.53. The number of aryl methyl sites for hydroxylation is 1. The van der Waals surface area contributed by atoms with Gasteiger partial charge < -0.3 is 15.5 Å². The van der Waals surface area contributed by atoms with Crippen molar-refractivity contribution in [2.24, 2.45) is 0 Å². The van der Waals surface area contributed by atoms with Crippen LogP contribution in [0.25, 0.3) is 0 Å². The molecule has 1 aromatic heterocycles. The minimum atomic E-state index is -0.460. The molecule has 138 valence electrons. The summed E-state index contributed by atoms with van der Waals surface area (Å²) in [5.74, 6) is -0.330. The van der Waals surface area contributed by atoms with Gasteiger partial charge in [0.1, 0.15) is 0 Å². The van der Waals surface area contributed by atoms with Crippen molar-refractivity contribution in [2.45, 2.75) is 25.8 Å². The van der Waals surface area contributed by atoms with Gasteiger partial charge in [-0.05, 0) is 52.0 Å². The molecule has 3 rings (SSSR count). The van der Waals surface area contributed by atoms with Crippen LogP contribution in [0.15, 0.2) is 30.3 Å². The number of carbonyl (C=O) groups excluding carboxylic acids is 1. The number of anilines is 2. The molecule has 7 nitrogen and oxygen atoms in total. The lowest BCUT2D eigenvalue weighted by molar-refractivity contribution is -0.385. The quantitative estimate of drug-likeness (QED) is 0.615. The maximum Gasteiger partial charge on any atom is 0.283 e. The third-order valence-electron chi connectivity index (χ3n) is 4.57. The van der Waals surface area contributed by atoms with E-state index in [9.17, 15) is 14.9 Å². The van der Waals surface area contributed by atoms with E-state index < -0.39 is 4.92 Å². The van der Waals surface area contributed by atoms with Crippen LogP contribution in [0.1, 0.15) is 27.4 Å². The number of nitrogens with one attached hydrogen (secondary N) is 2. The maximum atomic E-state index is 12.5. The highest BCUT2D eigenvalue weighted by atomic mass is 32.1. The number of carbonyl (C=O) groups is 1. The van der Waals surface area contributed by atoms with E-state index in [1.165, 1.54) is 6.07 Å². The lowest BCUT2D eigenvalue weighted by Gasteiger charge is -2.30. The van der Waals surface area contributed by atoms with Crippen molar-refractivity contribution >= 4 is 34.3 Å². The van der Waals surface area contributed by atoms with Gasteiger partial charge in [-0.25, -0.2) is 0 Å². The molecule has 1 saturated heterocycles. The summed E-state index contributed by atoms with van der Waals surface area (Å²) in [5.41, 5.74) is 1.54. The van der Waals surface area contributed by atoms with Gasteiger partial charge in [0.2, 0.25) is 0 Å². The fourth-order valence-corrected chi connectivity index (χ4v) is 3.92. The Balaban J connectivity index is 1.72. The molecule has 0 bridgehead atoms. The molecule has 1 aliphatic heterocycles. The molecule has 0 radical (unpaired) electrons. The summed E-state index contributed by atoms with van der Waals surface area (Å²) < 4.78 is 0. The molecule has 1 amide bonds. The molecule has 1 aliphatic rings. The molecule has 2 heterocycles. The molecular formula is C18H22N4O3S. The van der Waals surface area contributed by atoms with Gasteiger partial charge in [-0.3, -0.25) is 14.9 Å². The van der Waals surface area contributed by atoms with Gasteiger partial charge in [0.25, 0.3) is 11.6 Å². The fraction of sp³-hybridized carbons (Fsp3) is 0.389. The summed E-state index contributed by atoms with van der Waals surface area (Å²) in [6, 6.07) is 9.27.